The van der Waals surface area contributed by atoms with Crippen molar-refractivity contribution in [1.82, 2.24) is 4.98 Å². The zero-order valence-corrected chi connectivity index (χ0v) is 13.0. The monoisotopic (exact) mass is 300 g/mol. The molecule has 0 atom stereocenters. The third kappa shape index (κ3) is 2.14. The van der Waals surface area contributed by atoms with Gasteiger partial charge in [0.1, 0.15) is 9.71 Å². The third-order valence-corrected chi connectivity index (χ3v) is 4.66. The van der Waals surface area contributed by atoms with Gasteiger partial charge in [-0.05, 0) is 38.0 Å². The summed E-state index contributed by atoms with van der Waals surface area (Å²) in [4.78, 5) is 17.8. The summed E-state index contributed by atoms with van der Waals surface area (Å²) in [5.74, 6) is -0.379. The molecule has 1 aromatic carbocycles. The van der Waals surface area contributed by atoms with Gasteiger partial charge < -0.3 is 10.5 Å². The molecule has 108 valence electrons. The largest absolute Gasteiger partial charge is 0.462 e. The lowest BCUT2D eigenvalue weighted by molar-refractivity contribution is 0.0533. The first-order chi connectivity index (χ1) is 10.0. The number of hydrogen-bond acceptors (Lipinski definition) is 5. The summed E-state index contributed by atoms with van der Waals surface area (Å²) >= 11 is 1.29. The van der Waals surface area contributed by atoms with Crippen LogP contribution in [0.25, 0.3) is 21.1 Å². The van der Waals surface area contributed by atoms with Gasteiger partial charge in [-0.1, -0.05) is 12.1 Å². The molecule has 2 N–H and O–H groups in total. The van der Waals surface area contributed by atoms with E-state index >= 15 is 0 Å². The first-order valence-corrected chi connectivity index (χ1v) is 7.60. The van der Waals surface area contributed by atoms with E-state index in [0.717, 1.165) is 32.2 Å². The first kappa shape index (κ1) is 13.8. The predicted octanol–water partition coefficient (Wildman–Crippen LogP) is 3.83. The molecule has 0 amide bonds. The van der Waals surface area contributed by atoms with Gasteiger partial charge in [0.25, 0.3) is 0 Å². The second kappa shape index (κ2) is 5.00. The molecule has 2 aromatic heterocycles. The molecule has 0 bridgehead atoms. The van der Waals surface area contributed by atoms with E-state index in [2.05, 4.69) is 12.1 Å². The molecule has 0 spiro atoms. The fourth-order valence-electron chi connectivity index (χ4n) is 2.41. The predicted molar refractivity (Wildman–Crippen MR) is 87.0 cm³/mol. The van der Waals surface area contributed by atoms with Gasteiger partial charge in [-0.3, -0.25) is 0 Å². The van der Waals surface area contributed by atoms with Crippen molar-refractivity contribution in [2.45, 2.75) is 20.8 Å². The molecule has 0 aliphatic rings. The minimum absolute atomic E-state index is 0.333. The highest BCUT2D eigenvalue weighted by atomic mass is 32.1. The number of aryl methyl sites for hydroxylation is 2. The second-order valence-corrected chi connectivity index (χ2v) is 6.00. The van der Waals surface area contributed by atoms with Crippen molar-refractivity contribution in [3.8, 4) is 0 Å². The fraction of sp³-hybridized carbons (Fsp3) is 0.250. The maximum absolute atomic E-state index is 11.9. The standard InChI is InChI=1S/C16H16N2O2S/c1-4-20-16(19)14-12(17)11-7-10-8(2)5-6-9(3)13(10)18-15(11)21-14/h5-7H,4,17H2,1-3H3. The molecule has 0 unspecified atom stereocenters. The molecule has 21 heavy (non-hydrogen) atoms. The van der Waals surface area contributed by atoms with Crippen molar-refractivity contribution >= 4 is 44.1 Å². The molecule has 0 saturated heterocycles. The van der Waals surface area contributed by atoms with Crippen LogP contribution in [0.2, 0.25) is 0 Å². The summed E-state index contributed by atoms with van der Waals surface area (Å²) in [6, 6.07) is 6.15. The average molecular weight is 300 g/mol. The van der Waals surface area contributed by atoms with Crippen molar-refractivity contribution in [3.05, 3.63) is 34.2 Å². The maximum Gasteiger partial charge on any atom is 0.350 e. The van der Waals surface area contributed by atoms with Gasteiger partial charge in [-0.25, -0.2) is 9.78 Å². The van der Waals surface area contributed by atoms with E-state index in [1.165, 1.54) is 11.3 Å². The van der Waals surface area contributed by atoms with Gasteiger partial charge in [0.2, 0.25) is 0 Å². The lowest BCUT2D eigenvalue weighted by Gasteiger charge is -2.05. The van der Waals surface area contributed by atoms with Gasteiger partial charge in [0.05, 0.1) is 17.8 Å². The molecular weight excluding hydrogens is 284 g/mol. The zero-order valence-electron chi connectivity index (χ0n) is 12.2. The molecule has 0 aliphatic carbocycles. The Bertz CT molecular complexity index is 868. The van der Waals surface area contributed by atoms with Crippen LogP contribution in [0.5, 0.6) is 0 Å². The number of anilines is 1. The van der Waals surface area contributed by atoms with Crippen LogP contribution in [0.1, 0.15) is 27.7 Å². The van der Waals surface area contributed by atoms with Crippen LogP contribution in [0.4, 0.5) is 5.69 Å². The van der Waals surface area contributed by atoms with Gasteiger partial charge in [-0.15, -0.1) is 11.3 Å². The van der Waals surface area contributed by atoms with Crippen molar-refractivity contribution in [2.75, 3.05) is 12.3 Å². The second-order valence-electron chi connectivity index (χ2n) is 5.00. The van der Waals surface area contributed by atoms with E-state index in [9.17, 15) is 4.79 Å². The van der Waals surface area contributed by atoms with Crippen LogP contribution in [-0.2, 0) is 4.74 Å². The average Bonchev–Trinajstić information content (AvgIpc) is 2.79. The molecule has 2 heterocycles. The Morgan fingerprint density at radius 3 is 2.71 bits per heavy atom. The van der Waals surface area contributed by atoms with Crippen LogP contribution >= 0.6 is 11.3 Å². The number of hydrogen-bond donors (Lipinski definition) is 1. The van der Waals surface area contributed by atoms with Crippen LogP contribution in [0, 0.1) is 13.8 Å². The van der Waals surface area contributed by atoms with E-state index in [0.29, 0.717) is 17.2 Å². The maximum atomic E-state index is 11.9. The van der Waals surface area contributed by atoms with Crippen LogP contribution in [0.15, 0.2) is 18.2 Å². The van der Waals surface area contributed by atoms with E-state index in [1.807, 2.05) is 19.9 Å². The Labute approximate surface area is 126 Å². The Balaban J connectivity index is 2.32. The number of nitrogen functional groups attached to an aromatic ring is 1. The molecule has 3 aromatic rings. The minimum Gasteiger partial charge on any atom is -0.462 e. The van der Waals surface area contributed by atoms with E-state index in [1.54, 1.807) is 6.92 Å². The quantitative estimate of drug-likeness (QED) is 0.731. The number of carbonyl (C=O) groups is 1. The van der Waals surface area contributed by atoms with Gasteiger partial charge in [0, 0.05) is 10.8 Å². The summed E-state index contributed by atoms with van der Waals surface area (Å²) in [5, 5.41) is 1.90. The molecule has 5 heteroatoms. The molecular formula is C16H16N2O2S. The normalized spacial score (nSPS) is 11.2. The number of benzene rings is 1. The van der Waals surface area contributed by atoms with Gasteiger partial charge in [-0.2, -0.15) is 0 Å². The number of ether oxygens (including phenoxy) is 1. The molecule has 3 rings (SSSR count). The highest BCUT2D eigenvalue weighted by Gasteiger charge is 2.19. The highest BCUT2D eigenvalue weighted by Crippen LogP contribution is 2.36. The van der Waals surface area contributed by atoms with Crippen LogP contribution in [0.3, 0.4) is 0 Å². The third-order valence-electron chi connectivity index (χ3n) is 3.56. The lowest BCUT2D eigenvalue weighted by atomic mass is 10.0. The number of carbonyl (C=O) groups excluding carboxylic acids is 1. The van der Waals surface area contributed by atoms with Gasteiger partial charge in [0.15, 0.2) is 0 Å². The topological polar surface area (TPSA) is 65.2 Å². The summed E-state index contributed by atoms with van der Waals surface area (Å²) in [7, 11) is 0. The summed E-state index contributed by atoms with van der Waals surface area (Å²) in [6.07, 6.45) is 0. The summed E-state index contributed by atoms with van der Waals surface area (Å²) in [5.41, 5.74) is 9.80. The Morgan fingerprint density at radius 2 is 2.00 bits per heavy atom. The Morgan fingerprint density at radius 1 is 1.29 bits per heavy atom. The van der Waals surface area contributed by atoms with Crippen molar-refractivity contribution in [2.24, 2.45) is 0 Å². The molecule has 4 nitrogen and oxygen atoms in total. The van der Waals surface area contributed by atoms with Crippen molar-refractivity contribution in [1.29, 1.82) is 0 Å². The zero-order chi connectivity index (χ0) is 15.1. The van der Waals surface area contributed by atoms with Gasteiger partial charge >= 0.3 is 5.97 Å². The van der Waals surface area contributed by atoms with E-state index in [4.69, 9.17) is 15.5 Å². The smallest absolute Gasteiger partial charge is 0.350 e. The molecule has 0 fully saturated rings. The van der Waals surface area contributed by atoms with Crippen molar-refractivity contribution < 1.29 is 9.53 Å². The molecule has 0 aliphatic heterocycles. The molecule has 0 saturated carbocycles. The number of rotatable bonds is 2. The van der Waals surface area contributed by atoms with Crippen LogP contribution < -0.4 is 5.73 Å². The Hall–Kier alpha value is -2.14. The number of pyridine rings is 1. The lowest BCUT2D eigenvalue weighted by Crippen LogP contribution is -2.04. The number of fused-ring (bicyclic) bond motifs is 2. The number of esters is 1. The molecule has 0 radical (unpaired) electrons. The summed E-state index contributed by atoms with van der Waals surface area (Å²) in [6.45, 7) is 6.19. The SMILES string of the molecule is CCOC(=O)c1sc2nc3c(C)ccc(C)c3cc2c1N. The minimum atomic E-state index is -0.379. The van der Waals surface area contributed by atoms with E-state index in [-0.39, 0.29) is 5.97 Å². The van der Waals surface area contributed by atoms with Crippen LogP contribution in [-0.4, -0.2) is 17.6 Å². The summed E-state index contributed by atoms with van der Waals surface area (Å²) < 4.78 is 5.05. The van der Waals surface area contributed by atoms with Crippen molar-refractivity contribution in [3.63, 3.8) is 0 Å². The number of aromatic nitrogens is 1. The number of thiophene rings is 1. The highest BCUT2D eigenvalue weighted by molar-refractivity contribution is 7.21. The number of nitrogens with two attached hydrogens (primary N) is 1. The first-order valence-electron chi connectivity index (χ1n) is 6.79. The Kier molecular flexibility index (Phi) is 3.29. The number of nitrogens with zero attached hydrogens (tertiary/aromatic N) is 1. The van der Waals surface area contributed by atoms with E-state index < -0.39 is 0 Å². The fourth-order valence-corrected chi connectivity index (χ4v) is 3.38.